The van der Waals surface area contributed by atoms with E-state index in [9.17, 15) is 10.1 Å². The monoisotopic (exact) mass is 283 g/mol. The van der Waals surface area contributed by atoms with Gasteiger partial charge in [0, 0.05) is 19.1 Å². The van der Waals surface area contributed by atoms with Crippen molar-refractivity contribution in [3.63, 3.8) is 0 Å². The van der Waals surface area contributed by atoms with Crippen LogP contribution in [0.4, 0.5) is 11.4 Å². The van der Waals surface area contributed by atoms with Crippen molar-refractivity contribution in [2.45, 2.75) is 25.8 Å². The van der Waals surface area contributed by atoms with Gasteiger partial charge in [0.1, 0.15) is 10.7 Å². The lowest BCUT2D eigenvalue weighted by Gasteiger charge is -2.20. The number of hydrogen-bond acceptors (Lipinski definition) is 4. The van der Waals surface area contributed by atoms with Crippen LogP contribution in [0.25, 0.3) is 0 Å². The number of likely N-dealkylation sites (N-methyl/N-ethyl adjacent to an activating group) is 1. The van der Waals surface area contributed by atoms with Crippen molar-refractivity contribution in [3.05, 3.63) is 33.3 Å². The van der Waals surface area contributed by atoms with Crippen LogP contribution in [-0.4, -0.2) is 35.5 Å². The third-order valence-corrected chi connectivity index (χ3v) is 3.66. The summed E-state index contributed by atoms with van der Waals surface area (Å²) >= 11 is 5.86. The minimum absolute atomic E-state index is 0.0429. The number of nitrogens with zero attached hydrogens (tertiary/aromatic N) is 2. The number of nitro benzene ring substituents is 1. The van der Waals surface area contributed by atoms with E-state index in [0.717, 1.165) is 13.1 Å². The summed E-state index contributed by atoms with van der Waals surface area (Å²) in [6.07, 6.45) is 2.54. The molecule has 0 aliphatic heterocycles. The van der Waals surface area contributed by atoms with Crippen molar-refractivity contribution < 1.29 is 4.92 Å². The Hall–Kier alpha value is -1.33. The minimum Gasteiger partial charge on any atom is -0.378 e. The zero-order valence-electron chi connectivity index (χ0n) is 10.9. The van der Waals surface area contributed by atoms with Crippen LogP contribution in [0.3, 0.4) is 0 Å². The summed E-state index contributed by atoms with van der Waals surface area (Å²) in [5.41, 5.74) is 0.447. The molecule has 0 bridgehead atoms. The number of halogens is 1. The maximum absolute atomic E-state index is 11.0. The minimum atomic E-state index is -0.441. The Kier molecular flexibility index (Phi) is 4.61. The zero-order chi connectivity index (χ0) is 13.8. The van der Waals surface area contributed by atoms with E-state index in [4.69, 9.17) is 11.6 Å². The van der Waals surface area contributed by atoms with E-state index in [1.807, 2.05) is 0 Å². The molecule has 104 valence electrons. The lowest BCUT2D eigenvalue weighted by atomic mass is 10.2. The smallest absolute Gasteiger partial charge is 0.310 e. The molecule has 1 aromatic rings. The van der Waals surface area contributed by atoms with Gasteiger partial charge < -0.3 is 5.32 Å². The standard InChI is InChI=1S/C13H18ClN3O2/c1-2-16(10-6-7-10)9-8-15-12-5-3-4-11(14)13(12)17(18)19/h3-5,10,15H,2,6-9H2,1H3. The molecule has 0 radical (unpaired) electrons. The summed E-state index contributed by atoms with van der Waals surface area (Å²) < 4.78 is 0. The molecule has 1 fully saturated rings. The maximum Gasteiger partial charge on any atom is 0.310 e. The van der Waals surface area contributed by atoms with Crippen molar-refractivity contribution in [3.8, 4) is 0 Å². The SMILES string of the molecule is CCN(CCNc1cccc(Cl)c1[N+](=O)[O-])C1CC1. The van der Waals surface area contributed by atoms with E-state index in [0.29, 0.717) is 18.3 Å². The molecule has 0 spiro atoms. The lowest BCUT2D eigenvalue weighted by Crippen LogP contribution is -2.30. The second kappa shape index (κ2) is 6.21. The Morgan fingerprint density at radius 2 is 2.26 bits per heavy atom. The summed E-state index contributed by atoms with van der Waals surface area (Å²) in [7, 11) is 0. The topological polar surface area (TPSA) is 58.4 Å². The van der Waals surface area contributed by atoms with Crippen LogP contribution in [0.1, 0.15) is 19.8 Å². The maximum atomic E-state index is 11.0. The van der Waals surface area contributed by atoms with Crippen LogP contribution in [0.5, 0.6) is 0 Å². The first kappa shape index (κ1) is 14.1. The molecular weight excluding hydrogens is 266 g/mol. The molecule has 1 N–H and O–H groups in total. The van der Waals surface area contributed by atoms with Crippen molar-refractivity contribution in [1.82, 2.24) is 4.90 Å². The van der Waals surface area contributed by atoms with Gasteiger partial charge in [-0.1, -0.05) is 24.6 Å². The van der Waals surface area contributed by atoms with Gasteiger partial charge in [-0.15, -0.1) is 0 Å². The van der Waals surface area contributed by atoms with Crippen LogP contribution in [0, 0.1) is 10.1 Å². The van der Waals surface area contributed by atoms with Crippen molar-refractivity contribution >= 4 is 23.0 Å². The Balaban J connectivity index is 1.95. The Labute approximate surface area is 117 Å². The molecule has 0 amide bonds. The van der Waals surface area contributed by atoms with Crippen molar-refractivity contribution in [1.29, 1.82) is 0 Å². The van der Waals surface area contributed by atoms with E-state index in [-0.39, 0.29) is 10.7 Å². The van der Waals surface area contributed by atoms with Crippen LogP contribution < -0.4 is 5.32 Å². The summed E-state index contributed by atoms with van der Waals surface area (Å²) in [5, 5.41) is 14.3. The van der Waals surface area contributed by atoms with Gasteiger partial charge in [0.15, 0.2) is 0 Å². The van der Waals surface area contributed by atoms with Gasteiger partial charge >= 0.3 is 5.69 Å². The lowest BCUT2D eigenvalue weighted by molar-refractivity contribution is -0.383. The van der Waals surface area contributed by atoms with Gasteiger partial charge in [0.25, 0.3) is 0 Å². The Morgan fingerprint density at radius 1 is 1.53 bits per heavy atom. The molecule has 2 rings (SSSR count). The van der Waals surface area contributed by atoms with E-state index < -0.39 is 4.92 Å². The van der Waals surface area contributed by atoms with E-state index in [1.54, 1.807) is 12.1 Å². The summed E-state index contributed by atoms with van der Waals surface area (Å²) in [6, 6.07) is 5.65. The van der Waals surface area contributed by atoms with Gasteiger partial charge in [-0.2, -0.15) is 0 Å². The average molecular weight is 284 g/mol. The second-order valence-corrected chi connectivity index (χ2v) is 5.09. The van der Waals surface area contributed by atoms with Gasteiger partial charge in [-0.3, -0.25) is 15.0 Å². The highest BCUT2D eigenvalue weighted by molar-refractivity contribution is 6.33. The highest BCUT2D eigenvalue weighted by atomic mass is 35.5. The van der Waals surface area contributed by atoms with E-state index >= 15 is 0 Å². The molecule has 1 aliphatic rings. The van der Waals surface area contributed by atoms with Crippen LogP contribution in [-0.2, 0) is 0 Å². The first-order valence-corrected chi connectivity index (χ1v) is 6.92. The van der Waals surface area contributed by atoms with Crippen LogP contribution in [0.15, 0.2) is 18.2 Å². The first-order valence-electron chi connectivity index (χ1n) is 6.54. The number of para-hydroxylation sites is 1. The number of hydrogen-bond donors (Lipinski definition) is 1. The Bertz CT molecular complexity index is 463. The molecule has 5 nitrogen and oxygen atoms in total. The highest BCUT2D eigenvalue weighted by Gasteiger charge is 2.27. The molecule has 0 heterocycles. The van der Waals surface area contributed by atoms with Gasteiger partial charge in [-0.25, -0.2) is 0 Å². The third kappa shape index (κ3) is 3.58. The number of nitrogens with one attached hydrogen (secondary N) is 1. The van der Waals surface area contributed by atoms with Crippen LogP contribution in [0.2, 0.25) is 5.02 Å². The largest absolute Gasteiger partial charge is 0.378 e. The third-order valence-electron chi connectivity index (χ3n) is 3.35. The van der Waals surface area contributed by atoms with Crippen molar-refractivity contribution in [2.24, 2.45) is 0 Å². The molecule has 0 unspecified atom stereocenters. The molecule has 0 aromatic heterocycles. The molecule has 19 heavy (non-hydrogen) atoms. The molecular formula is C13H18ClN3O2. The molecule has 1 aliphatic carbocycles. The summed E-state index contributed by atoms with van der Waals surface area (Å²) in [5.74, 6) is 0. The van der Waals surface area contributed by atoms with E-state index in [2.05, 4.69) is 17.1 Å². The molecule has 1 saturated carbocycles. The molecule has 6 heteroatoms. The van der Waals surface area contributed by atoms with E-state index in [1.165, 1.54) is 18.9 Å². The Morgan fingerprint density at radius 3 is 2.84 bits per heavy atom. The number of benzene rings is 1. The predicted octanol–water partition coefficient (Wildman–Crippen LogP) is 3.14. The molecule has 0 saturated heterocycles. The fraction of sp³-hybridized carbons (Fsp3) is 0.538. The molecule has 0 atom stereocenters. The van der Waals surface area contributed by atoms with Gasteiger partial charge in [-0.05, 0) is 31.5 Å². The number of nitro groups is 1. The van der Waals surface area contributed by atoms with Crippen LogP contribution >= 0.6 is 11.6 Å². The van der Waals surface area contributed by atoms with Gasteiger partial charge in [0.05, 0.1) is 4.92 Å². The molecule has 1 aromatic carbocycles. The second-order valence-electron chi connectivity index (χ2n) is 4.68. The summed E-state index contributed by atoms with van der Waals surface area (Å²) in [4.78, 5) is 12.9. The predicted molar refractivity (Wildman–Crippen MR) is 76.9 cm³/mol. The first-order chi connectivity index (χ1) is 9.13. The fourth-order valence-electron chi connectivity index (χ4n) is 2.22. The number of anilines is 1. The fourth-order valence-corrected chi connectivity index (χ4v) is 2.46. The quantitative estimate of drug-likeness (QED) is 0.617. The van der Waals surface area contributed by atoms with Crippen molar-refractivity contribution in [2.75, 3.05) is 25.0 Å². The highest BCUT2D eigenvalue weighted by Crippen LogP contribution is 2.32. The number of rotatable bonds is 7. The average Bonchev–Trinajstić information content (AvgIpc) is 3.18. The zero-order valence-corrected chi connectivity index (χ0v) is 11.7. The summed E-state index contributed by atoms with van der Waals surface area (Å²) in [6.45, 7) is 4.74. The normalized spacial score (nSPS) is 14.7. The van der Waals surface area contributed by atoms with Gasteiger partial charge in [0.2, 0.25) is 0 Å².